The van der Waals surface area contributed by atoms with E-state index in [-0.39, 0.29) is 11.8 Å². The molecule has 1 aliphatic heterocycles. The highest BCUT2D eigenvalue weighted by Crippen LogP contribution is 2.23. The Kier molecular flexibility index (Phi) is 4.77. The lowest BCUT2D eigenvalue weighted by atomic mass is 9.89. The number of carboxylic acid groups (broad SMARTS) is 1. The largest absolute Gasteiger partial charge is 0.481 e. The molecule has 0 saturated carbocycles. The van der Waals surface area contributed by atoms with Crippen molar-refractivity contribution in [3.05, 3.63) is 0 Å². The predicted octanol–water partition coefficient (Wildman–Crippen LogP) is 1.75. The molecule has 4 heteroatoms. The van der Waals surface area contributed by atoms with Crippen molar-refractivity contribution in [2.75, 3.05) is 13.1 Å². The Balaban J connectivity index is 2.22. The second-order valence-electron chi connectivity index (χ2n) is 4.77. The summed E-state index contributed by atoms with van der Waals surface area (Å²) in [7, 11) is 0. The molecule has 0 aromatic heterocycles. The van der Waals surface area contributed by atoms with Crippen LogP contribution in [0, 0.1) is 11.8 Å². The fraction of sp³-hybridized carbons (Fsp3) is 0.833. The van der Waals surface area contributed by atoms with Gasteiger partial charge >= 0.3 is 5.97 Å². The molecule has 1 fully saturated rings. The quantitative estimate of drug-likeness (QED) is 0.796. The van der Waals surface area contributed by atoms with Gasteiger partial charge in [0.05, 0.1) is 5.92 Å². The lowest BCUT2D eigenvalue weighted by Gasteiger charge is -2.31. The number of carbonyl (C=O) groups is 2. The van der Waals surface area contributed by atoms with Crippen LogP contribution < -0.4 is 0 Å². The molecule has 1 heterocycles. The smallest absolute Gasteiger partial charge is 0.306 e. The minimum absolute atomic E-state index is 0.150. The number of nitrogens with zero attached hydrogens (tertiary/aromatic N) is 1. The molecule has 1 aliphatic rings. The monoisotopic (exact) mass is 227 g/mol. The highest BCUT2D eigenvalue weighted by molar-refractivity contribution is 5.73. The van der Waals surface area contributed by atoms with Gasteiger partial charge in [-0.15, -0.1) is 0 Å². The number of aliphatic carboxylic acids is 1. The van der Waals surface area contributed by atoms with Crippen molar-refractivity contribution >= 4 is 11.9 Å². The molecule has 1 atom stereocenters. The van der Waals surface area contributed by atoms with Crippen LogP contribution in [0.5, 0.6) is 0 Å². The molecule has 1 rings (SSSR count). The predicted molar refractivity (Wildman–Crippen MR) is 61.0 cm³/mol. The van der Waals surface area contributed by atoms with Crippen LogP contribution in [-0.4, -0.2) is 35.0 Å². The average Bonchev–Trinajstić information content (AvgIpc) is 2.26. The third-order valence-electron chi connectivity index (χ3n) is 3.49. The van der Waals surface area contributed by atoms with Crippen molar-refractivity contribution in [1.82, 2.24) is 4.90 Å². The molecule has 4 nitrogen and oxygen atoms in total. The fourth-order valence-electron chi connectivity index (χ4n) is 2.15. The van der Waals surface area contributed by atoms with Crippen LogP contribution in [0.25, 0.3) is 0 Å². The lowest BCUT2D eigenvalue weighted by molar-refractivity contribution is -0.141. The van der Waals surface area contributed by atoms with Crippen LogP contribution in [0.3, 0.4) is 0 Å². The minimum Gasteiger partial charge on any atom is -0.481 e. The maximum atomic E-state index is 11.1. The van der Waals surface area contributed by atoms with Crippen molar-refractivity contribution in [2.45, 2.75) is 39.5 Å². The molecule has 92 valence electrons. The van der Waals surface area contributed by atoms with Gasteiger partial charge in [-0.1, -0.05) is 6.92 Å². The Morgan fingerprint density at radius 2 is 1.94 bits per heavy atom. The molecule has 0 spiro atoms. The molecule has 0 aromatic carbocycles. The van der Waals surface area contributed by atoms with Crippen LogP contribution in [0.15, 0.2) is 0 Å². The van der Waals surface area contributed by atoms with E-state index in [1.165, 1.54) is 0 Å². The van der Waals surface area contributed by atoms with Crippen molar-refractivity contribution < 1.29 is 14.7 Å². The first kappa shape index (κ1) is 13.0. The number of carboxylic acids is 1. The minimum atomic E-state index is -0.707. The first-order chi connectivity index (χ1) is 7.50. The standard InChI is InChI=1S/C12H21NO3/c1-9(12(15)16)3-4-11-5-7-13(8-6-11)10(2)14/h9,11H,3-8H2,1-2H3,(H,15,16). The molecule has 0 aromatic rings. The van der Waals surface area contributed by atoms with Crippen LogP contribution in [0.2, 0.25) is 0 Å². The normalized spacial score (nSPS) is 19.5. The highest BCUT2D eigenvalue weighted by atomic mass is 16.4. The second kappa shape index (κ2) is 5.87. The number of rotatable bonds is 4. The molecule has 1 saturated heterocycles. The molecular formula is C12H21NO3. The van der Waals surface area contributed by atoms with E-state index in [1.54, 1.807) is 13.8 Å². The molecule has 1 N–H and O–H groups in total. The zero-order valence-electron chi connectivity index (χ0n) is 10.1. The SMILES string of the molecule is CC(=O)N1CCC(CCC(C)C(=O)O)CC1. The van der Waals surface area contributed by atoms with Gasteiger partial charge in [-0.25, -0.2) is 0 Å². The van der Waals surface area contributed by atoms with Gasteiger partial charge in [0.2, 0.25) is 5.91 Å². The number of piperidine rings is 1. The Hall–Kier alpha value is -1.06. The molecule has 0 aliphatic carbocycles. The highest BCUT2D eigenvalue weighted by Gasteiger charge is 2.21. The van der Waals surface area contributed by atoms with E-state index >= 15 is 0 Å². The maximum Gasteiger partial charge on any atom is 0.306 e. The van der Waals surface area contributed by atoms with Gasteiger partial charge in [0.25, 0.3) is 0 Å². The Bertz CT molecular complexity index is 257. The third kappa shape index (κ3) is 3.83. The summed E-state index contributed by atoms with van der Waals surface area (Å²) in [6, 6.07) is 0. The number of hydrogen-bond donors (Lipinski definition) is 1. The van der Waals surface area contributed by atoms with Gasteiger partial charge in [0, 0.05) is 20.0 Å². The zero-order valence-corrected chi connectivity index (χ0v) is 10.1. The zero-order chi connectivity index (χ0) is 12.1. The summed E-state index contributed by atoms with van der Waals surface area (Å²) in [5, 5.41) is 8.77. The van der Waals surface area contributed by atoms with Crippen molar-refractivity contribution in [1.29, 1.82) is 0 Å². The van der Waals surface area contributed by atoms with Gasteiger partial charge in [0.1, 0.15) is 0 Å². The van der Waals surface area contributed by atoms with Crippen molar-refractivity contribution in [3.63, 3.8) is 0 Å². The van der Waals surface area contributed by atoms with Crippen LogP contribution >= 0.6 is 0 Å². The summed E-state index contributed by atoms with van der Waals surface area (Å²) in [6.07, 6.45) is 3.76. The second-order valence-corrected chi connectivity index (χ2v) is 4.77. The van der Waals surface area contributed by atoms with Gasteiger partial charge in [-0.2, -0.15) is 0 Å². The Labute approximate surface area is 96.6 Å². The number of likely N-dealkylation sites (tertiary alicyclic amines) is 1. The van der Waals surface area contributed by atoms with E-state index in [0.29, 0.717) is 5.92 Å². The van der Waals surface area contributed by atoms with E-state index in [0.717, 1.165) is 38.8 Å². The Morgan fingerprint density at radius 1 is 1.38 bits per heavy atom. The maximum absolute atomic E-state index is 11.1. The first-order valence-corrected chi connectivity index (χ1v) is 5.99. The molecule has 1 unspecified atom stereocenters. The molecule has 0 radical (unpaired) electrons. The summed E-state index contributed by atoms with van der Waals surface area (Å²) < 4.78 is 0. The summed E-state index contributed by atoms with van der Waals surface area (Å²) >= 11 is 0. The molecule has 1 amide bonds. The van der Waals surface area contributed by atoms with Crippen LogP contribution in [0.1, 0.15) is 39.5 Å². The number of hydrogen-bond acceptors (Lipinski definition) is 2. The van der Waals surface area contributed by atoms with E-state index in [2.05, 4.69) is 0 Å². The Morgan fingerprint density at radius 3 is 2.38 bits per heavy atom. The lowest BCUT2D eigenvalue weighted by Crippen LogP contribution is -2.37. The first-order valence-electron chi connectivity index (χ1n) is 5.99. The van der Waals surface area contributed by atoms with E-state index in [1.807, 2.05) is 4.90 Å². The van der Waals surface area contributed by atoms with Gasteiger partial charge in [0.15, 0.2) is 0 Å². The molecular weight excluding hydrogens is 206 g/mol. The topological polar surface area (TPSA) is 57.6 Å². The fourth-order valence-corrected chi connectivity index (χ4v) is 2.15. The van der Waals surface area contributed by atoms with Crippen LogP contribution in [-0.2, 0) is 9.59 Å². The van der Waals surface area contributed by atoms with Crippen molar-refractivity contribution in [3.8, 4) is 0 Å². The van der Waals surface area contributed by atoms with E-state index in [4.69, 9.17) is 5.11 Å². The van der Waals surface area contributed by atoms with Gasteiger partial charge < -0.3 is 10.0 Å². The summed E-state index contributed by atoms with van der Waals surface area (Å²) in [5.41, 5.74) is 0. The van der Waals surface area contributed by atoms with E-state index in [9.17, 15) is 9.59 Å². The van der Waals surface area contributed by atoms with Crippen molar-refractivity contribution in [2.24, 2.45) is 11.8 Å². The third-order valence-corrected chi connectivity index (χ3v) is 3.49. The van der Waals surface area contributed by atoms with E-state index < -0.39 is 5.97 Å². The molecule has 16 heavy (non-hydrogen) atoms. The van der Waals surface area contributed by atoms with Gasteiger partial charge in [-0.3, -0.25) is 9.59 Å². The summed E-state index contributed by atoms with van der Waals surface area (Å²) in [6.45, 7) is 5.03. The number of amides is 1. The van der Waals surface area contributed by atoms with Crippen LogP contribution in [0.4, 0.5) is 0 Å². The summed E-state index contributed by atoms with van der Waals surface area (Å²) in [4.78, 5) is 23.6. The van der Waals surface area contributed by atoms with Gasteiger partial charge in [-0.05, 0) is 31.6 Å². The summed E-state index contributed by atoms with van der Waals surface area (Å²) in [5.74, 6) is -0.207. The molecule has 0 bridgehead atoms. The number of carbonyl (C=O) groups excluding carboxylic acids is 1. The average molecular weight is 227 g/mol.